The molecule has 3 amide bonds. The van der Waals surface area contributed by atoms with Crippen molar-refractivity contribution in [2.24, 2.45) is 0 Å². The summed E-state index contributed by atoms with van der Waals surface area (Å²) in [5.41, 5.74) is 1.08. The minimum atomic E-state index is -0.918. The summed E-state index contributed by atoms with van der Waals surface area (Å²) in [4.78, 5) is 38.0. The molecule has 1 atom stereocenters. The van der Waals surface area contributed by atoms with E-state index in [9.17, 15) is 14.4 Å². The van der Waals surface area contributed by atoms with Crippen LogP contribution in [0.3, 0.4) is 0 Å². The predicted octanol–water partition coefficient (Wildman–Crippen LogP) is 3.54. The van der Waals surface area contributed by atoms with Gasteiger partial charge >= 0.3 is 12.0 Å². The van der Waals surface area contributed by atoms with Crippen molar-refractivity contribution in [3.63, 3.8) is 0 Å². The lowest BCUT2D eigenvalue weighted by molar-refractivity contribution is -0.137. The molecule has 0 bridgehead atoms. The standard InChI is InChI=1S/C21H20N2O5/c1-13-18(20(25)27-3)19(23(14(2)24)21(26)22-13)15-8-7-11-17(12-15)28-16-9-5-4-6-10-16/h4-12,19H,1-3H3,(H,22,26)/t19-/m1/s1. The van der Waals surface area contributed by atoms with Crippen LogP contribution < -0.4 is 10.1 Å². The molecule has 1 heterocycles. The van der Waals surface area contributed by atoms with Gasteiger partial charge in [0.1, 0.15) is 17.5 Å². The fourth-order valence-electron chi connectivity index (χ4n) is 3.13. The van der Waals surface area contributed by atoms with Crippen molar-refractivity contribution < 1.29 is 23.9 Å². The van der Waals surface area contributed by atoms with Gasteiger partial charge in [0.25, 0.3) is 0 Å². The van der Waals surface area contributed by atoms with Crippen LogP contribution in [-0.4, -0.2) is 29.9 Å². The van der Waals surface area contributed by atoms with Crippen LogP contribution >= 0.6 is 0 Å². The first-order chi connectivity index (χ1) is 13.4. The number of amides is 3. The van der Waals surface area contributed by atoms with E-state index in [4.69, 9.17) is 9.47 Å². The number of esters is 1. The average molecular weight is 380 g/mol. The summed E-state index contributed by atoms with van der Waals surface area (Å²) in [7, 11) is 1.25. The maximum absolute atomic E-state index is 12.4. The molecule has 0 aromatic heterocycles. The summed E-state index contributed by atoms with van der Waals surface area (Å²) in [5.74, 6) is 0.0401. The van der Waals surface area contributed by atoms with Crippen LogP contribution in [0.2, 0.25) is 0 Å². The number of hydrogen-bond donors (Lipinski definition) is 1. The van der Waals surface area contributed by atoms with Gasteiger partial charge in [0.2, 0.25) is 5.91 Å². The number of benzene rings is 2. The zero-order chi connectivity index (χ0) is 20.3. The highest BCUT2D eigenvalue weighted by Crippen LogP contribution is 2.36. The molecule has 0 fully saturated rings. The van der Waals surface area contributed by atoms with E-state index in [0.29, 0.717) is 22.8 Å². The summed E-state index contributed by atoms with van der Waals surface area (Å²) < 4.78 is 10.7. The van der Waals surface area contributed by atoms with Gasteiger partial charge in [-0.1, -0.05) is 30.3 Å². The number of urea groups is 1. The molecule has 28 heavy (non-hydrogen) atoms. The van der Waals surface area contributed by atoms with Crippen molar-refractivity contribution in [1.82, 2.24) is 10.2 Å². The smallest absolute Gasteiger partial charge is 0.337 e. The molecule has 0 spiro atoms. The number of nitrogens with one attached hydrogen (secondary N) is 1. The predicted molar refractivity (Wildman–Crippen MR) is 101 cm³/mol. The average Bonchev–Trinajstić information content (AvgIpc) is 2.67. The normalized spacial score (nSPS) is 16.5. The number of rotatable bonds is 4. The Kier molecular flexibility index (Phi) is 5.44. The highest BCUT2D eigenvalue weighted by Gasteiger charge is 2.40. The van der Waals surface area contributed by atoms with Gasteiger partial charge < -0.3 is 14.8 Å². The number of ether oxygens (including phenoxy) is 2. The van der Waals surface area contributed by atoms with Crippen LogP contribution in [0.25, 0.3) is 0 Å². The van der Waals surface area contributed by atoms with Crippen LogP contribution in [0.1, 0.15) is 25.5 Å². The van der Waals surface area contributed by atoms with Gasteiger partial charge in [0, 0.05) is 12.6 Å². The van der Waals surface area contributed by atoms with E-state index in [1.54, 1.807) is 31.2 Å². The number of methoxy groups -OCH3 is 1. The molecule has 0 unspecified atom stereocenters. The van der Waals surface area contributed by atoms with Gasteiger partial charge in [-0.3, -0.25) is 9.69 Å². The number of nitrogens with zero attached hydrogens (tertiary/aromatic N) is 1. The van der Waals surface area contributed by atoms with Gasteiger partial charge in [-0.15, -0.1) is 0 Å². The highest BCUT2D eigenvalue weighted by atomic mass is 16.5. The van der Waals surface area contributed by atoms with E-state index >= 15 is 0 Å². The first kappa shape index (κ1) is 19.2. The Bertz CT molecular complexity index is 952. The number of imide groups is 1. The SMILES string of the molecule is COC(=O)C1=C(C)NC(=O)N(C(C)=O)[C@@H]1c1cccc(Oc2ccccc2)c1. The maximum Gasteiger partial charge on any atom is 0.337 e. The van der Waals surface area contributed by atoms with Gasteiger partial charge in [-0.25, -0.2) is 9.59 Å². The van der Waals surface area contributed by atoms with Crippen LogP contribution in [0.15, 0.2) is 65.9 Å². The fraction of sp³-hybridized carbons (Fsp3) is 0.190. The molecule has 0 saturated carbocycles. The Labute approximate surface area is 162 Å². The molecule has 0 radical (unpaired) electrons. The quantitative estimate of drug-likeness (QED) is 0.820. The highest BCUT2D eigenvalue weighted by molar-refractivity contribution is 6.01. The fourth-order valence-corrected chi connectivity index (χ4v) is 3.13. The second-order valence-electron chi connectivity index (χ2n) is 6.24. The van der Waals surface area contributed by atoms with Crippen LogP contribution in [-0.2, 0) is 14.3 Å². The molecule has 7 heteroatoms. The van der Waals surface area contributed by atoms with E-state index in [-0.39, 0.29) is 5.57 Å². The lowest BCUT2D eigenvalue weighted by Crippen LogP contribution is -2.50. The van der Waals surface area contributed by atoms with Gasteiger partial charge in [-0.05, 0) is 36.8 Å². The molecule has 1 N–H and O–H groups in total. The van der Waals surface area contributed by atoms with Crippen molar-refractivity contribution >= 4 is 17.9 Å². The van der Waals surface area contributed by atoms with Crippen LogP contribution in [0, 0.1) is 0 Å². The Morgan fingerprint density at radius 2 is 1.71 bits per heavy atom. The minimum Gasteiger partial charge on any atom is -0.466 e. The van der Waals surface area contributed by atoms with Gasteiger partial charge in [-0.2, -0.15) is 0 Å². The third kappa shape index (κ3) is 3.73. The number of carbonyl (C=O) groups is 3. The molecule has 0 saturated heterocycles. The van der Waals surface area contributed by atoms with E-state index in [1.165, 1.54) is 14.0 Å². The van der Waals surface area contributed by atoms with Crippen LogP contribution in [0.4, 0.5) is 4.79 Å². The van der Waals surface area contributed by atoms with E-state index in [2.05, 4.69) is 5.32 Å². The second kappa shape index (κ2) is 7.96. The van der Waals surface area contributed by atoms with Crippen molar-refractivity contribution in [2.45, 2.75) is 19.9 Å². The van der Waals surface area contributed by atoms with Crippen molar-refractivity contribution in [3.8, 4) is 11.5 Å². The number of hydrogen-bond acceptors (Lipinski definition) is 5. The first-order valence-electron chi connectivity index (χ1n) is 8.65. The summed E-state index contributed by atoms with van der Waals surface area (Å²) in [6.45, 7) is 2.87. The zero-order valence-corrected chi connectivity index (χ0v) is 15.8. The van der Waals surface area contributed by atoms with Gasteiger partial charge in [0.15, 0.2) is 0 Å². The maximum atomic E-state index is 12.4. The molecular formula is C21H20N2O5. The second-order valence-corrected chi connectivity index (χ2v) is 6.24. The number of carbonyl (C=O) groups excluding carboxylic acids is 3. The zero-order valence-electron chi connectivity index (χ0n) is 15.8. The largest absolute Gasteiger partial charge is 0.466 e. The molecule has 0 aliphatic carbocycles. The van der Waals surface area contributed by atoms with Crippen molar-refractivity contribution in [2.75, 3.05) is 7.11 Å². The van der Waals surface area contributed by atoms with Crippen LogP contribution in [0.5, 0.6) is 11.5 Å². The molecule has 7 nitrogen and oxygen atoms in total. The third-order valence-corrected chi connectivity index (χ3v) is 4.35. The summed E-state index contributed by atoms with van der Waals surface area (Å²) in [6.07, 6.45) is 0. The van der Waals surface area contributed by atoms with E-state index in [0.717, 1.165) is 4.90 Å². The summed E-state index contributed by atoms with van der Waals surface area (Å²) in [5, 5.41) is 2.54. The molecule has 144 valence electrons. The molecule has 1 aliphatic rings. The van der Waals surface area contributed by atoms with Crippen molar-refractivity contribution in [1.29, 1.82) is 0 Å². The number of allylic oxidation sites excluding steroid dienone is 1. The topological polar surface area (TPSA) is 84.9 Å². The summed E-state index contributed by atoms with van der Waals surface area (Å²) in [6, 6.07) is 14.6. The first-order valence-corrected chi connectivity index (χ1v) is 8.65. The molecule has 3 rings (SSSR count). The van der Waals surface area contributed by atoms with E-state index < -0.39 is 23.9 Å². The summed E-state index contributed by atoms with van der Waals surface area (Å²) >= 11 is 0. The van der Waals surface area contributed by atoms with Crippen molar-refractivity contribution in [3.05, 3.63) is 71.4 Å². The molecule has 1 aliphatic heterocycles. The Morgan fingerprint density at radius 1 is 1.04 bits per heavy atom. The Hall–Kier alpha value is -3.61. The lowest BCUT2D eigenvalue weighted by atomic mass is 9.93. The third-order valence-electron chi connectivity index (χ3n) is 4.35. The Balaban J connectivity index is 2.07. The Morgan fingerprint density at radius 3 is 2.36 bits per heavy atom. The molecule has 2 aromatic carbocycles. The minimum absolute atomic E-state index is 0.189. The molecule has 2 aromatic rings. The lowest BCUT2D eigenvalue weighted by Gasteiger charge is -2.35. The number of para-hydroxylation sites is 1. The van der Waals surface area contributed by atoms with E-state index in [1.807, 2.05) is 30.3 Å². The monoisotopic (exact) mass is 380 g/mol. The molecular weight excluding hydrogens is 360 g/mol. The van der Waals surface area contributed by atoms with Gasteiger partial charge in [0.05, 0.1) is 12.7 Å².